The SMILES string of the molecule is O=CC1(n2cncn2)CCN(C(=O)OCC2c3ccccc3-c3ccccc32)CC1. The fourth-order valence-corrected chi connectivity index (χ4v) is 4.60. The number of hydrogen-bond donors (Lipinski definition) is 0. The van der Waals surface area contributed by atoms with Crippen molar-refractivity contribution in [3.8, 4) is 11.1 Å². The summed E-state index contributed by atoms with van der Waals surface area (Å²) in [5.41, 5.74) is 4.05. The van der Waals surface area contributed by atoms with E-state index in [1.54, 1.807) is 15.9 Å². The largest absolute Gasteiger partial charge is 0.448 e. The van der Waals surface area contributed by atoms with Crippen molar-refractivity contribution in [2.24, 2.45) is 0 Å². The summed E-state index contributed by atoms with van der Waals surface area (Å²) in [5, 5.41) is 4.12. The first-order valence-corrected chi connectivity index (χ1v) is 10.1. The highest BCUT2D eigenvalue weighted by Gasteiger charge is 2.39. The van der Waals surface area contributed by atoms with Crippen molar-refractivity contribution in [1.82, 2.24) is 19.7 Å². The van der Waals surface area contributed by atoms with E-state index in [4.69, 9.17) is 4.74 Å². The van der Waals surface area contributed by atoms with Gasteiger partial charge in [0.05, 0.1) is 0 Å². The molecule has 152 valence electrons. The molecular formula is C23H22N4O3. The number of ether oxygens (including phenoxy) is 1. The Hall–Kier alpha value is -3.48. The van der Waals surface area contributed by atoms with Crippen LogP contribution in [0.5, 0.6) is 0 Å². The number of aromatic nitrogens is 3. The smallest absolute Gasteiger partial charge is 0.409 e. The average Bonchev–Trinajstić information content (AvgIpc) is 3.45. The Balaban J connectivity index is 1.26. The van der Waals surface area contributed by atoms with Gasteiger partial charge in [0, 0.05) is 19.0 Å². The van der Waals surface area contributed by atoms with Crippen LogP contribution in [-0.4, -0.2) is 51.7 Å². The second-order valence-corrected chi connectivity index (χ2v) is 7.85. The molecule has 2 aromatic carbocycles. The topological polar surface area (TPSA) is 77.3 Å². The summed E-state index contributed by atoms with van der Waals surface area (Å²) < 4.78 is 7.33. The second-order valence-electron chi connectivity index (χ2n) is 7.85. The van der Waals surface area contributed by atoms with Gasteiger partial charge in [-0.1, -0.05) is 48.5 Å². The van der Waals surface area contributed by atoms with Gasteiger partial charge in [0.25, 0.3) is 0 Å². The first-order valence-electron chi connectivity index (χ1n) is 10.1. The fourth-order valence-electron chi connectivity index (χ4n) is 4.60. The van der Waals surface area contributed by atoms with Crippen molar-refractivity contribution in [3.63, 3.8) is 0 Å². The van der Waals surface area contributed by atoms with E-state index in [1.807, 2.05) is 24.3 Å². The minimum absolute atomic E-state index is 0.0374. The van der Waals surface area contributed by atoms with Gasteiger partial charge in [0.2, 0.25) is 0 Å². The molecule has 0 unspecified atom stereocenters. The molecule has 5 rings (SSSR count). The molecule has 0 spiro atoms. The molecule has 0 N–H and O–H groups in total. The number of benzene rings is 2. The molecule has 3 aromatic rings. The Morgan fingerprint density at radius 3 is 2.27 bits per heavy atom. The molecule has 30 heavy (non-hydrogen) atoms. The third-order valence-electron chi connectivity index (χ3n) is 6.32. The van der Waals surface area contributed by atoms with Crippen LogP contribution in [0.15, 0.2) is 61.2 Å². The van der Waals surface area contributed by atoms with E-state index in [9.17, 15) is 9.59 Å². The van der Waals surface area contributed by atoms with E-state index >= 15 is 0 Å². The molecule has 1 aliphatic heterocycles. The standard InChI is InChI=1S/C23H22N4O3/c28-14-23(27-16-24-15-25-27)9-11-26(12-10-23)22(29)30-13-21-19-7-3-1-5-17(19)18-6-2-4-8-20(18)21/h1-8,14-16,21H,9-13H2. The van der Waals surface area contributed by atoms with E-state index in [-0.39, 0.29) is 12.0 Å². The first kappa shape index (κ1) is 18.5. The van der Waals surface area contributed by atoms with Crippen LogP contribution in [0.3, 0.4) is 0 Å². The van der Waals surface area contributed by atoms with E-state index < -0.39 is 5.54 Å². The first-order chi connectivity index (χ1) is 14.7. The minimum atomic E-state index is -0.739. The van der Waals surface area contributed by atoms with Crippen LogP contribution in [0, 0.1) is 0 Å². The number of piperidine rings is 1. The van der Waals surface area contributed by atoms with Crippen LogP contribution in [0.4, 0.5) is 4.79 Å². The van der Waals surface area contributed by atoms with E-state index in [1.165, 1.54) is 28.6 Å². The van der Waals surface area contributed by atoms with E-state index in [0.717, 1.165) is 6.29 Å². The van der Waals surface area contributed by atoms with Gasteiger partial charge in [-0.2, -0.15) is 5.10 Å². The van der Waals surface area contributed by atoms with Crippen molar-refractivity contribution in [1.29, 1.82) is 0 Å². The van der Waals surface area contributed by atoms with Gasteiger partial charge < -0.3 is 14.4 Å². The summed E-state index contributed by atoms with van der Waals surface area (Å²) in [6.07, 6.45) is 4.53. The van der Waals surface area contributed by atoms with Crippen LogP contribution >= 0.6 is 0 Å². The highest BCUT2D eigenvalue weighted by molar-refractivity contribution is 5.79. The highest BCUT2D eigenvalue weighted by atomic mass is 16.6. The number of aldehydes is 1. The number of carbonyl (C=O) groups excluding carboxylic acids is 2. The molecule has 0 saturated carbocycles. The summed E-state index contributed by atoms with van der Waals surface area (Å²) >= 11 is 0. The number of nitrogens with zero attached hydrogens (tertiary/aromatic N) is 4. The number of likely N-dealkylation sites (tertiary alicyclic amines) is 1. The number of rotatable bonds is 4. The molecule has 2 heterocycles. The predicted molar refractivity (Wildman–Crippen MR) is 110 cm³/mol. The molecule has 7 nitrogen and oxygen atoms in total. The molecule has 1 aliphatic carbocycles. The molecule has 0 atom stereocenters. The monoisotopic (exact) mass is 402 g/mol. The molecule has 0 radical (unpaired) electrons. The number of amides is 1. The molecule has 0 bridgehead atoms. The third-order valence-corrected chi connectivity index (χ3v) is 6.32. The molecule has 1 aromatic heterocycles. The van der Waals surface area contributed by atoms with Gasteiger partial charge in [-0.25, -0.2) is 14.5 Å². The van der Waals surface area contributed by atoms with Crippen molar-refractivity contribution in [2.45, 2.75) is 24.3 Å². The second kappa shape index (κ2) is 7.40. The maximum Gasteiger partial charge on any atom is 0.409 e. The Labute approximate surface area is 174 Å². The zero-order chi connectivity index (χ0) is 20.6. The van der Waals surface area contributed by atoms with Crippen LogP contribution in [-0.2, 0) is 15.1 Å². The zero-order valence-electron chi connectivity index (χ0n) is 16.5. The maximum atomic E-state index is 12.7. The van der Waals surface area contributed by atoms with Gasteiger partial charge in [-0.15, -0.1) is 0 Å². The molecule has 1 fully saturated rings. The predicted octanol–water partition coefficient (Wildman–Crippen LogP) is 3.22. The molecule has 1 saturated heterocycles. The maximum absolute atomic E-state index is 12.7. The van der Waals surface area contributed by atoms with Crippen molar-refractivity contribution >= 4 is 12.4 Å². The van der Waals surface area contributed by atoms with Crippen molar-refractivity contribution in [2.75, 3.05) is 19.7 Å². The summed E-state index contributed by atoms with van der Waals surface area (Å²) in [4.78, 5) is 30.1. The molecule has 1 amide bonds. The van der Waals surface area contributed by atoms with Crippen LogP contribution in [0.1, 0.15) is 29.9 Å². The number of fused-ring (bicyclic) bond motifs is 3. The highest BCUT2D eigenvalue weighted by Crippen LogP contribution is 2.44. The number of hydrogen-bond acceptors (Lipinski definition) is 5. The molecule has 7 heteroatoms. The summed E-state index contributed by atoms with van der Waals surface area (Å²) in [6.45, 7) is 1.18. The lowest BCUT2D eigenvalue weighted by molar-refractivity contribution is -0.118. The normalized spacial score (nSPS) is 17.3. The summed E-state index contributed by atoms with van der Waals surface area (Å²) in [6, 6.07) is 16.5. The van der Waals surface area contributed by atoms with Gasteiger partial charge in [0.15, 0.2) is 0 Å². The third kappa shape index (κ3) is 2.98. The lowest BCUT2D eigenvalue weighted by atomic mass is 9.89. The van der Waals surface area contributed by atoms with Gasteiger partial charge in [0.1, 0.15) is 31.1 Å². The van der Waals surface area contributed by atoms with Gasteiger partial charge in [-0.3, -0.25) is 0 Å². The van der Waals surface area contributed by atoms with Crippen molar-refractivity contribution in [3.05, 3.63) is 72.3 Å². The van der Waals surface area contributed by atoms with Crippen LogP contribution < -0.4 is 0 Å². The lowest BCUT2D eigenvalue weighted by Gasteiger charge is -2.37. The number of carbonyl (C=O) groups is 2. The fraction of sp³-hybridized carbons (Fsp3) is 0.304. The quantitative estimate of drug-likeness (QED) is 0.626. The van der Waals surface area contributed by atoms with Gasteiger partial charge in [-0.05, 0) is 35.1 Å². The molecular weight excluding hydrogens is 380 g/mol. The van der Waals surface area contributed by atoms with Crippen molar-refractivity contribution < 1.29 is 14.3 Å². The van der Waals surface area contributed by atoms with Crippen LogP contribution in [0.25, 0.3) is 11.1 Å². The molecule has 2 aliphatic rings. The summed E-state index contributed by atoms with van der Waals surface area (Å²) in [5.74, 6) is 0.0374. The Bertz CT molecular complexity index is 1030. The summed E-state index contributed by atoms with van der Waals surface area (Å²) in [7, 11) is 0. The minimum Gasteiger partial charge on any atom is -0.448 e. The Morgan fingerprint density at radius 1 is 1.07 bits per heavy atom. The van der Waals surface area contributed by atoms with Gasteiger partial charge >= 0.3 is 6.09 Å². The average molecular weight is 402 g/mol. The zero-order valence-corrected chi connectivity index (χ0v) is 16.5. The lowest BCUT2D eigenvalue weighted by Crippen LogP contribution is -2.49. The van der Waals surface area contributed by atoms with E-state index in [2.05, 4.69) is 34.3 Å². The van der Waals surface area contributed by atoms with Crippen LogP contribution in [0.2, 0.25) is 0 Å². The van der Waals surface area contributed by atoms with E-state index in [0.29, 0.717) is 32.5 Å². The Kier molecular flexibility index (Phi) is 4.58. The Morgan fingerprint density at radius 2 is 1.70 bits per heavy atom.